The monoisotopic (exact) mass is 332 g/mol. The zero-order valence-electron chi connectivity index (χ0n) is 8.51. The number of hydrogen-bond acceptors (Lipinski definition) is 1. The molecule has 1 aliphatic heterocycles. The molecule has 15 heavy (non-hydrogen) atoms. The van der Waals surface area contributed by atoms with Crippen molar-refractivity contribution in [1.82, 2.24) is 0 Å². The van der Waals surface area contributed by atoms with E-state index in [-0.39, 0.29) is 0 Å². The van der Waals surface area contributed by atoms with E-state index in [2.05, 4.69) is 56.1 Å². The van der Waals surface area contributed by atoms with Gasteiger partial charge < -0.3 is 4.74 Å². The molecule has 82 valence electrons. The van der Waals surface area contributed by atoms with Crippen LogP contribution in [0.15, 0.2) is 28.7 Å². The highest BCUT2D eigenvalue weighted by Crippen LogP contribution is 2.36. The van der Waals surface area contributed by atoms with Crippen LogP contribution in [-0.4, -0.2) is 18.5 Å². The first kappa shape index (κ1) is 11.6. The zero-order valence-corrected chi connectivity index (χ0v) is 11.7. The van der Waals surface area contributed by atoms with Gasteiger partial charge in [0.05, 0.1) is 6.61 Å². The lowest BCUT2D eigenvalue weighted by molar-refractivity contribution is 0.162. The first-order valence-electron chi connectivity index (χ1n) is 5.13. The van der Waals surface area contributed by atoms with E-state index in [0.29, 0.717) is 5.41 Å². The Morgan fingerprint density at radius 3 is 2.73 bits per heavy atom. The number of halogens is 2. The third-order valence-corrected chi connectivity index (χ3v) is 4.95. The molecule has 0 radical (unpaired) electrons. The summed E-state index contributed by atoms with van der Waals surface area (Å²) in [5, 5.41) is 1.02. The molecule has 1 unspecified atom stereocenters. The molecule has 1 aromatic carbocycles. The van der Waals surface area contributed by atoms with Gasteiger partial charge in [-0.2, -0.15) is 0 Å². The second kappa shape index (κ2) is 4.98. The van der Waals surface area contributed by atoms with Gasteiger partial charge >= 0.3 is 0 Å². The number of benzene rings is 1. The summed E-state index contributed by atoms with van der Waals surface area (Å²) in [7, 11) is 0. The minimum Gasteiger partial charge on any atom is -0.381 e. The Hall–Kier alpha value is 0.140. The summed E-state index contributed by atoms with van der Waals surface area (Å²) in [4.78, 5) is 0. The molecule has 0 bridgehead atoms. The van der Waals surface area contributed by atoms with Crippen LogP contribution in [-0.2, 0) is 11.2 Å². The summed E-state index contributed by atoms with van der Waals surface area (Å²) < 4.78 is 6.72. The molecule has 0 spiro atoms. The van der Waals surface area contributed by atoms with E-state index >= 15 is 0 Å². The lowest BCUT2D eigenvalue weighted by atomic mass is 9.83. The van der Waals surface area contributed by atoms with Crippen LogP contribution in [0.3, 0.4) is 0 Å². The van der Waals surface area contributed by atoms with Crippen molar-refractivity contribution in [3.8, 4) is 0 Å². The van der Waals surface area contributed by atoms with Crippen LogP contribution < -0.4 is 0 Å². The van der Waals surface area contributed by atoms with Gasteiger partial charge in [-0.15, -0.1) is 0 Å². The van der Waals surface area contributed by atoms with E-state index < -0.39 is 0 Å². The van der Waals surface area contributed by atoms with Gasteiger partial charge in [0.2, 0.25) is 0 Å². The predicted molar refractivity (Wildman–Crippen MR) is 69.5 cm³/mol. The van der Waals surface area contributed by atoms with Crippen molar-refractivity contribution in [3.63, 3.8) is 0 Å². The highest BCUT2D eigenvalue weighted by atomic mass is 79.9. The molecule has 0 aromatic heterocycles. The average Bonchev–Trinajstić information content (AvgIpc) is 2.71. The van der Waals surface area contributed by atoms with Crippen LogP contribution in [0.4, 0.5) is 0 Å². The molecule has 1 nitrogen and oxygen atoms in total. The number of ether oxygens (including phenoxy) is 1. The van der Waals surface area contributed by atoms with Crippen molar-refractivity contribution < 1.29 is 4.74 Å². The van der Waals surface area contributed by atoms with Crippen molar-refractivity contribution in [2.24, 2.45) is 5.41 Å². The van der Waals surface area contributed by atoms with Gasteiger partial charge in [-0.3, -0.25) is 0 Å². The molecule has 1 aliphatic rings. The van der Waals surface area contributed by atoms with E-state index in [0.717, 1.165) is 31.4 Å². The third kappa shape index (κ3) is 2.63. The highest BCUT2D eigenvalue weighted by Gasteiger charge is 2.34. The van der Waals surface area contributed by atoms with Crippen LogP contribution in [0, 0.1) is 5.41 Å². The predicted octanol–water partition coefficient (Wildman–Crippen LogP) is 3.79. The maximum Gasteiger partial charge on any atom is 0.0534 e. The standard InChI is InChI=1S/C12H14Br2O/c13-8-12(5-6-15-9-12)7-10-3-1-2-4-11(10)14/h1-4H,5-9H2. The molecule has 1 atom stereocenters. The van der Waals surface area contributed by atoms with Crippen molar-refractivity contribution in [3.05, 3.63) is 34.3 Å². The lowest BCUT2D eigenvalue weighted by Crippen LogP contribution is -2.26. The second-order valence-corrected chi connectivity index (χ2v) is 5.62. The molecule has 1 saturated heterocycles. The first-order chi connectivity index (χ1) is 7.26. The van der Waals surface area contributed by atoms with Crippen molar-refractivity contribution in [2.75, 3.05) is 18.5 Å². The first-order valence-corrected chi connectivity index (χ1v) is 7.04. The van der Waals surface area contributed by atoms with Crippen LogP contribution in [0.5, 0.6) is 0 Å². The van der Waals surface area contributed by atoms with Gasteiger partial charge in [-0.25, -0.2) is 0 Å². The summed E-state index contributed by atoms with van der Waals surface area (Å²) in [6.07, 6.45) is 2.24. The van der Waals surface area contributed by atoms with Gasteiger partial charge in [0.1, 0.15) is 0 Å². The average molecular weight is 334 g/mol. The van der Waals surface area contributed by atoms with Crippen molar-refractivity contribution in [1.29, 1.82) is 0 Å². The summed E-state index contributed by atoms with van der Waals surface area (Å²) in [5.74, 6) is 0. The maximum absolute atomic E-state index is 5.52. The Bertz CT molecular complexity index is 332. The van der Waals surface area contributed by atoms with Gasteiger partial charge in [-0.1, -0.05) is 50.1 Å². The molecule has 0 aliphatic carbocycles. The fourth-order valence-electron chi connectivity index (χ4n) is 1.99. The SMILES string of the molecule is BrCC1(Cc2ccccc2Br)CCOC1. The van der Waals surface area contributed by atoms with E-state index in [9.17, 15) is 0 Å². The smallest absolute Gasteiger partial charge is 0.0534 e. The largest absolute Gasteiger partial charge is 0.381 e. The quantitative estimate of drug-likeness (QED) is 0.765. The van der Waals surface area contributed by atoms with Gasteiger partial charge in [0.15, 0.2) is 0 Å². The van der Waals surface area contributed by atoms with Crippen LogP contribution in [0.25, 0.3) is 0 Å². The fraction of sp³-hybridized carbons (Fsp3) is 0.500. The maximum atomic E-state index is 5.52. The molecular formula is C12H14Br2O. The minimum atomic E-state index is 0.296. The van der Waals surface area contributed by atoms with Crippen molar-refractivity contribution in [2.45, 2.75) is 12.8 Å². The van der Waals surface area contributed by atoms with E-state index in [4.69, 9.17) is 4.74 Å². The Kier molecular flexibility index (Phi) is 3.86. The van der Waals surface area contributed by atoms with Crippen molar-refractivity contribution >= 4 is 31.9 Å². The van der Waals surface area contributed by atoms with E-state index in [1.54, 1.807) is 0 Å². The molecular weight excluding hydrogens is 320 g/mol. The van der Waals surface area contributed by atoms with Gasteiger partial charge in [0, 0.05) is 21.8 Å². The Labute approximate surface area is 107 Å². The Morgan fingerprint density at radius 2 is 2.13 bits per heavy atom. The summed E-state index contributed by atoms with van der Waals surface area (Å²) in [5.41, 5.74) is 1.67. The topological polar surface area (TPSA) is 9.23 Å². The fourth-order valence-corrected chi connectivity index (χ4v) is 3.05. The summed E-state index contributed by atoms with van der Waals surface area (Å²) in [6.45, 7) is 1.77. The lowest BCUT2D eigenvalue weighted by Gasteiger charge is -2.25. The molecule has 1 fully saturated rings. The Morgan fingerprint density at radius 1 is 1.33 bits per heavy atom. The molecule has 2 rings (SSSR count). The van der Waals surface area contributed by atoms with Gasteiger partial charge in [-0.05, 0) is 24.5 Å². The molecule has 1 heterocycles. The van der Waals surface area contributed by atoms with Gasteiger partial charge in [0.25, 0.3) is 0 Å². The van der Waals surface area contributed by atoms with Crippen LogP contribution >= 0.6 is 31.9 Å². The molecule has 0 N–H and O–H groups in total. The molecule has 1 aromatic rings. The summed E-state index contributed by atoms with van der Waals surface area (Å²) >= 11 is 7.22. The number of alkyl halides is 1. The normalized spacial score (nSPS) is 25.7. The zero-order chi connectivity index (χ0) is 10.7. The number of hydrogen-bond donors (Lipinski definition) is 0. The van der Waals surface area contributed by atoms with Crippen LogP contribution in [0.2, 0.25) is 0 Å². The Balaban J connectivity index is 2.16. The highest BCUT2D eigenvalue weighted by molar-refractivity contribution is 9.10. The molecule has 0 amide bonds. The molecule has 0 saturated carbocycles. The van der Waals surface area contributed by atoms with E-state index in [1.807, 2.05) is 0 Å². The summed E-state index contributed by atoms with van der Waals surface area (Å²) in [6, 6.07) is 8.44. The number of rotatable bonds is 3. The molecule has 3 heteroatoms. The van der Waals surface area contributed by atoms with Crippen LogP contribution in [0.1, 0.15) is 12.0 Å². The second-order valence-electron chi connectivity index (χ2n) is 4.20. The van der Waals surface area contributed by atoms with E-state index in [1.165, 1.54) is 10.0 Å². The third-order valence-electron chi connectivity index (χ3n) is 2.99. The minimum absolute atomic E-state index is 0.296.